The van der Waals surface area contributed by atoms with Crippen LogP contribution in [-0.2, 0) is 20.7 Å². The lowest BCUT2D eigenvalue weighted by Crippen LogP contribution is -2.40. The van der Waals surface area contributed by atoms with Crippen molar-refractivity contribution in [3.63, 3.8) is 0 Å². The molecule has 0 aromatic heterocycles. The second kappa shape index (κ2) is 7.02. The van der Waals surface area contributed by atoms with Gasteiger partial charge in [0, 0.05) is 12.8 Å². The number of carbonyl (C=O) groups is 3. The van der Waals surface area contributed by atoms with E-state index in [1.54, 1.807) is 0 Å². The predicted octanol–water partition coefficient (Wildman–Crippen LogP) is 2.19. The maximum Gasteiger partial charge on any atom is 0.416 e. The van der Waals surface area contributed by atoms with Gasteiger partial charge in [-0.05, 0) is 17.9 Å². The van der Waals surface area contributed by atoms with Gasteiger partial charge in [-0.25, -0.2) is 9.69 Å². The first-order valence-corrected chi connectivity index (χ1v) is 7.08. The zero-order valence-corrected chi connectivity index (χ0v) is 12.0. The molecule has 5 nitrogen and oxygen atoms in total. The number of hydrogen-bond acceptors (Lipinski definition) is 4. The van der Waals surface area contributed by atoms with Crippen molar-refractivity contribution >= 4 is 18.3 Å². The zero-order chi connectivity index (χ0) is 15.2. The van der Waals surface area contributed by atoms with Crippen molar-refractivity contribution in [3.05, 3.63) is 35.9 Å². The molecule has 1 saturated heterocycles. The van der Waals surface area contributed by atoms with E-state index in [4.69, 9.17) is 4.74 Å². The lowest BCUT2D eigenvalue weighted by molar-refractivity contribution is -0.130. The van der Waals surface area contributed by atoms with Gasteiger partial charge in [0.2, 0.25) is 5.91 Å². The van der Waals surface area contributed by atoms with Crippen molar-refractivity contribution < 1.29 is 19.1 Å². The van der Waals surface area contributed by atoms with Crippen LogP contribution < -0.4 is 0 Å². The minimum Gasteiger partial charge on any atom is -0.447 e. The van der Waals surface area contributed by atoms with Gasteiger partial charge in [-0.2, -0.15) is 0 Å². The number of carbonyl (C=O) groups excluding carboxylic acids is 3. The third kappa shape index (κ3) is 3.90. The lowest BCUT2D eigenvalue weighted by atomic mass is 10.0. The van der Waals surface area contributed by atoms with Gasteiger partial charge in [-0.15, -0.1) is 0 Å². The average Bonchev–Trinajstić information content (AvgIpc) is 2.81. The maximum absolute atomic E-state index is 12.3. The molecule has 1 heterocycles. The van der Waals surface area contributed by atoms with E-state index in [1.165, 1.54) is 4.90 Å². The minimum absolute atomic E-state index is 0.0687. The number of nitrogens with zero attached hydrogens (tertiary/aromatic N) is 1. The molecule has 5 heteroatoms. The number of cyclic esters (lactones) is 1. The molecule has 0 N–H and O–H groups in total. The number of aldehydes is 1. The Hall–Kier alpha value is -2.17. The Morgan fingerprint density at radius 2 is 2.14 bits per heavy atom. The summed E-state index contributed by atoms with van der Waals surface area (Å²) in [5.74, 6) is -0.339. The van der Waals surface area contributed by atoms with Crippen LogP contribution in [0.4, 0.5) is 4.79 Å². The van der Waals surface area contributed by atoms with Crippen molar-refractivity contribution in [1.29, 1.82) is 0 Å². The van der Waals surface area contributed by atoms with Crippen molar-refractivity contribution in [2.45, 2.75) is 32.2 Å². The van der Waals surface area contributed by atoms with Gasteiger partial charge in [0.15, 0.2) is 0 Å². The van der Waals surface area contributed by atoms with E-state index in [0.29, 0.717) is 12.8 Å². The van der Waals surface area contributed by atoms with Crippen LogP contribution in [0.1, 0.15) is 25.3 Å². The van der Waals surface area contributed by atoms with Gasteiger partial charge < -0.3 is 9.53 Å². The SMILES string of the molecule is C[C@@H](CC=O)CC(=O)N1C(=O)OC[C@@H]1Cc1ccccc1. The van der Waals surface area contributed by atoms with Crippen molar-refractivity contribution in [2.24, 2.45) is 5.92 Å². The smallest absolute Gasteiger partial charge is 0.416 e. The molecule has 1 fully saturated rings. The molecule has 21 heavy (non-hydrogen) atoms. The molecular formula is C16H19NO4. The van der Waals surface area contributed by atoms with Gasteiger partial charge in [-0.1, -0.05) is 37.3 Å². The van der Waals surface area contributed by atoms with Crippen LogP contribution >= 0.6 is 0 Å². The molecule has 112 valence electrons. The van der Waals surface area contributed by atoms with Crippen molar-refractivity contribution in [3.8, 4) is 0 Å². The quantitative estimate of drug-likeness (QED) is 0.753. The number of rotatable bonds is 6. The standard InChI is InChI=1S/C16H19NO4/c1-12(7-8-18)9-15(19)17-14(11-21-16(17)20)10-13-5-3-2-4-6-13/h2-6,8,12,14H,7,9-11H2,1H3/t12-,14-/m0/s1. The van der Waals surface area contributed by atoms with Gasteiger partial charge in [0.25, 0.3) is 0 Å². The van der Waals surface area contributed by atoms with Crippen LogP contribution in [0.5, 0.6) is 0 Å². The second-order valence-corrected chi connectivity index (χ2v) is 5.40. The highest BCUT2D eigenvalue weighted by Crippen LogP contribution is 2.20. The number of imide groups is 1. The topological polar surface area (TPSA) is 63.7 Å². The molecule has 0 bridgehead atoms. The highest BCUT2D eigenvalue weighted by molar-refractivity contribution is 5.93. The molecule has 2 rings (SSSR count). The maximum atomic E-state index is 12.3. The fourth-order valence-electron chi connectivity index (χ4n) is 2.45. The Balaban J connectivity index is 2.02. The van der Waals surface area contributed by atoms with Gasteiger partial charge in [-0.3, -0.25) is 4.79 Å². The monoisotopic (exact) mass is 289 g/mol. The number of amides is 2. The molecule has 1 aromatic carbocycles. The number of hydrogen-bond donors (Lipinski definition) is 0. The van der Waals surface area contributed by atoms with E-state index in [9.17, 15) is 14.4 Å². The zero-order valence-electron chi connectivity index (χ0n) is 12.0. The highest BCUT2D eigenvalue weighted by atomic mass is 16.6. The van der Waals surface area contributed by atoms with Gasteiger partial charge in [0.1, 0.15) is 12.9 Å². The Kier molecular flexibility index (Phi) is 5.09. The molecule has 1 aliphatic rings. The Morgan fingerprint density at radius 1 is 1.43 bits per heavy atom. The summed E-state index contributed by atoms with van der Waals surface area (Å²) in [7, 11) is 0. The largest absolute Gasteiger partial charge is 0.447 e. The van der Waals surface area contributed by atoms with Crippen LogP contribution in [-0.4, -0.2) is 35.8 Å². The van der Waals surface area contributed by atoms with E-state index in [1.807, 2.05) is 37.3 Å². The first kappa shape index (κ1) is 15.2. The first-order chi connectivity index (χ1) is 10.1. The summed E-state index contributed by atoms with van der Waals surface area (Å²) >= 11 is 0. The normalized spacial score (nSPS) is 19.2. The molecule has 1 aromatic rings. The minimum atomic E-state index is -0.584. The number of ether oxygens (including phenoxy) is 1. The van der Waals surface area contributed by atoms with Crippen LogP contribution in [0.3, 0.4) is 0 Å². The molecule has 0 saturated carbocycles. The second-order valence-electron chi connectivity index (χ2n) is 5.40. The third-order valence-electron chi connectivity index (χ3n) is 3.57. The molecule has 2 atom stereocenters. The first-order valence-electron chi connectivity index (χ1n) is 7.08. The summed E-state index contributed by atoms with van der Waals surface area (Å²) < 4.78 is 5.01. The third-order valence-corrected chi connectivity index (χ3v) is 3.57. The Labute approximate surface area is 123 Å². The molecule has 0 spiro atoms. The van der Waals surface area contributed by atoms with E-state index in [0.717, 1.165) is 11.8 Å². The van der Waals surface area contributed by atoms with Crippen LogP contribution in [0.15, 0.2) is 30.3 Å². The van der Waals surface area contributed by atoms with Crippen LogP contribution in [0, 0.1) is 5.92 Å². The predicted molar refractivity (Wildman–Crippen MR) is 76.6 cm³/mol. The van der Waals surface area contributed by atoms with Gasteiger partial charge >= 0.3 is 6.09 Å². The summed E-state index contributed by atoms with van der Waals surface area (Å²) in [6.45, 7) is 2.04. The fraction of sp³-hybridized carbons (Fsp3) is 0.438. The van der Waals surface area contributed by atoms with E-state index >= 15 is 0 Å². The van der Waals surface area contributed by atoms with E-state index < -0.39 is 6.09 Å². The lowest BCUT2D eigenvalue weighted by Gasteiger charge is -2.21. The molecule has 0 unspecified atom stereocenters. The summed E-state index contributed by atoms with van der Waals surface area (Å²) in [4.78, 5) is 35.7. The molecule has 0 radical (unpaired) electrons. The van der Waals surface area contributed by atoms with Gasteiger partial charge in [0.05, 0.1) is 6.04 Å². The van der Waals surface area contributed by atoms with Crippen molar-refractivity contribution in [1.82, 2.24) is 4.90 Å². The van der Waals surface area contributed by atoms with E-state index in [2.05, 4.69) is 0 Å². The van der Waals surface area contributed by atoms with E-state index in [-0.39, 0.29) is 30.9 Å². The molecule has 0 aliphatic carbocycles. The Morgan fingerprint density at radius 3 is 2.81 bits per heavy atom. The summed E-state index contributed by atoms with van der Waals surface area (Å²) in [6.07, 6.45) is 1.29. The average molecular weight is 289 g/mol. The fourth-order valence-corrected chi connectivity index (χ4v) is 2.45. The molecule has 2 amide bonds. The van der Waals surface area contributed by atoms with Crippen molar-refractivity contribution in [2.75, 3.05) is 6.61 Å². The molecular weight excluding hydrogens is 270 g/mol. The number of benzene rings is 1. The van der Waals surface area contributed by atoms with Crippen LogP contribution in [0.25, 0.3) is 0 Å². The highest BCUT2D eigenvalue weighted by Gasteiger charge is 2.37. The molecule has 1 aliphatic heterocycles. The summed E-state index contributed by atoms with van der Waals surface area (Å²) in [5.41, 5.74) is 1.06. The summed E-state index contributed by atoms with van der Waals surface area (Å²) in [5, 5.41) is 0. The summed E-state index contributed by atoms with van der Waals surface area (Å²) in [6, 6.07) is 9.41. The Bertz CT molecular complexity index is 514. The van der Waals surface area contributed by atoms with Crippen LogP contribution in [0.2, 0.25) is 0 Å².